The lowest BCUT2D eigenvalue weighted by Crippen LogP contribution is -2.23. The molecule has 0 saturated heterocycles. The SMILES string of the molecule is CC(C)n1c(=O)n(C)c2cc(N)cnc21. The lowest BCUT2D eigenvalue weighted by Gasteiger charge is -2.05. The van der Waals surface area contributed by atoms with Crippen molar-refractivity contribution in [3.05, 3.63) is 22.7 Å². The predicted molar refractivity (Wildman–Crippen MR) is 59.8 cm³/mol. The summed E-state index contributed by atoms with van der Waals surface area (Å²) in [4.78, 5) is 16.1. The molecule has 2 N–H and O–H groups in total. The number of anilines is 1. The van der Waals surface area contributed by atoms with Crippen LogP contribution in [0.2, 0.25) is 0 Å². The van der Waals surface area contributed by atoms with E-state index in [9.17, 15) is 4.79 Å². The van der Waals surface area contributed by atoms with Crippen molar-refractivity contribution < 1.29 is 0 Å². The molecule has 5 heteroatoms. The molecular weight excluding hydrogens is 192 g/mol. The van der Waals surface area contributed by atoms with Crippen molar-refractivity contribution in [3.63, 3.8) is 0 Å². The Morgan fingerprint density at radius 2 is 2.13 bits per heavy atom. The summed E-state index contributed by atoms with van der Waals surface area (Å²) in [5.74, 6) is 0. The topological polar surface area (TPSA) is 65.8 Å². The predicted octanol–water partition coefficient (Wildman–Crippen LogP) is 0.898. The van der Waals surface area contributed by atoms with E-state index >= 15 is 0 Å². The van der Waals surface area contributed by atoms with E-state index in [4.69, 9.17) is 5.73 Å². The molecule has 0 fully saturated rings. The van der Waals surface area contributed by atoms with Gasteiger partial charge in [0.25, 0.3) is 0 Å². The van der Waals surface area contributed by atoms with Crippen molar-refractivity contribution in [1.29, 1.82) is 0 Å². The van der Waals surface area contributed by atoms with Crippen LogP contribution in [0.3, 0.4) is 0 Å². The lowest BCUT2D eigenvalue weighted by atomic mass is 10.3. The van der Waals surface area contributed by atoms with Crippen molar-refractivity contribution in [2.75, 3.05) is 5.73 Å². The highest BCUT2D eigenvalue weighted by molar-refractivity contribution is 5.75. The van der Waals surface area contributed by atoms with E-state index in [2.05, 4.69) is 4.98 Å². The number of hydrogen-bond acceptors (Lipinski definition) is 3. The van der Waals surface area contributed by atoms with Crippen LogP contribution in [0.15, 0.2) is 17.1 Å². The number of rotatable bonds is 1. The summed E-state index contributed by atoms with van der Waals surface area (Å²) in [6.45, 7) is 3.91. The molecule has 0 amide bonds. The highest BCUT2D eigenvalue weighted by Crippen LogP contribution is 2.15. The molecule has 0 atom stereocenters. The Bertz CT molecular complexity index is 565. The zero-order valence-corrected chi connectivity index (χ0v) is 9.06. The van der Waals surface area contributed by atoms with Crippen molar-refractivity contribution in [2.45, 2.75) is 19.9 Å². The first-order valence-electron chi connectivity index (χ1n) is 4.85. The largest absolute Gasteiger partial charge is 0.397 e. The Morgan fingerprint density at radius 1 is 1.47 bits per heavy atom. The van der Waals surface area contributed by atoms with E-state index < -0.39 is 0 Å². The van der Waals surface area contributed by atoms with E-state index in [1.165, 1.54) is 0 Å². The van der Waals surface area contributed by atoms with Gasteiger partial charge in [0.15, 0.2) is 5.65 Å². The second kappa shape index (κ2) is 3.12. The molecule has 0 saturated carbocycles. The van der Waals surface area contributed by atoms with Crippen LogP contribution >= 0.6 is 0 Å². The molecule has 0 aliphatic heterocycles. The van der Waals surface area contributed by atoms with Gasteiger partial charge in [0.2, 0.25) is 0 Å². The molecule has 0 unspecified atom stereocenters. The zero-order chi connectivity index (χ0) is 11.2. The Hall–Kier alpha value is -1.78. The highest BCUT2D eigenvalue weighted by atomic mass is 16.1. The maximum Gasteiger partial charge on any atom is 0.330 e. The van der Waals surface area contributed by atoms with Gasteiger partial charge in [-0.3, -0.25) is 9.13 Å². The summed E-state index contributed by atoms with van der Waals surface area (Å²) in [6.07, 6.45) is 1.57. The van der Waals surface area contributed by atoms with Gasteiger partial charge < -0.3 is 5.73 Å². The minimum atomic E-state index is -0.0573. The number of nitrogens with two attached hydrogens (primary N) is 1. The van der Waals surface area contributed by atoms with Crippen molar-refractivity contribution >= 4 is 16.9 Å². The molecule has 2 aromatic rings. The standard InChI is InChI=1S/C10H14N4O/c1-6(2)14-9-8(13(3)10(14)15)4-7(11)5-12-9/h4-6H,11H2,1-3H3. The van der Waals surface area contributed by atoms with Crippen LogP contribution in [0.25, 0.3) is 11.2 Å². The lowest BCUT2D eigenvalue weighted by molar-refractivity contribution is 0.579. The first kappa shape index (κ1) is 9.76. The quantitative estimate of drug-likeness (QED) is 0.753. The maximum atomic E-state index is 11.9. The number of hydrogen-bond donors (Lipinski definition) is 1. The van der Waals surface area contributed by atoms with Crippen LogP contribution in [0, 0.1) is 0 Å². The number of aromatic nitrogens is 3. The van der Waals surface area contributed by atoms with Crippen LogP contribution in [0.4, 0.5) is 5.69 Å². The van der Waals surface area contributed by atoms with Gasteiger partial charge in [-0.1, -0.05) is 0 Å². The van der Waals surface area contributed by atoms with Gasteiger partial charge in [-0.05, 0) is 19.9 Å². The molecule has 0 bridgehead atoms. The summed E-state index contributed by atoms with van der Waals surface area (Å²) in [6, 6.07) is 1.86. The van der Waals surface area contributed by atoms with Gasteiger partial charge in [-0.15, -0.1) is 0 Å². The number of pyridine rings is 1. The molecule has 2 rings (SSSR count). The number of aryl methyl sites for hydroxylation is 1. The monoisotopic (exact) mass is 206 g/mol. The first-order valence-corrected chi connectivity index (χ1v) is 4.85. The maximum absolute atomic E-state index is 11.9. The molecule has 0 aliphatic rings. The molecule has 0 radical (unpaired) electrons. The van der Waals surface area contributed by atoms with Gasteiger partial charge in [-0.2, -0.15) is 0 Å². The molecule has 0 aromatic carbocycles. The van der Waals surface area contributed by atoms with Crippen LogP contribution in [-0.2, 0) is 7.05 Å². The fourth-order valence-electron chi connectivity index (χ4n) is 1.71. The van der Waals surface area contributed by atoms with E-state index in [1.807, 2.05) is 13.8 Å². The fraction of sp³-hybridized carbons (Fsp3) is 0.400. The summed E-state index contributed by atoms with van der Waals surface area (Å²) < 4.78 is 3.23. The van der Waals surface area contributed by atoms with Gasteiger partial charge in [-0.25, -0.2) is 9.78 Å². The van der Waals surface area contributed by atoms with E-state index in [0.717, 1.165) is 5.52 Å². The molecule has 2 aromatic heterocycles. The molecule has 5 nitrogen and oxygen atoms in total. The second-order valence-electron chi connectivity index (χ2n) is 3.92. The fourth-order valence-corrected chi connectivity index (χ4v) is 1.71. The van der Waals surface area contributed by atoms with Gasteiger partial charge in [0.05, 0.1) is 17.4 Å². The molecule has 0 spiro atoms. The third-order valence-electron chi connectivity index (χ3n) is 2.47. The number of fused-ring (bicyclic) bond motifs is 1. The Morgan fingerprint density at radius 3 is 2.73 bits per heavy atom. The number of imidazole rings is 1. The van der Waals surface area contributed by atoms with E-state index in [-0.39, 0.29) is 11.7 Å². The highest BCUT2D eigenvalue weighted by Gasteiger charge is 2.13. The van der Waals surface area contributed by atoms with Gasteiger partial charge in [0, 0.05) is 13.1 Å². The minimum Gasteiger partial charge on any atom is -0.397 e. The Kier molecular flexibility index (Phi) is 2.03. The van der Waals surface area contributed by atoms with Crippen LogP contribution in [0.1, 0.15) is 19.9 Å². The average Bonchev–Trinajstić information content (AvgIpc) is 2.41. The third-order valence-corrected chi connectivity index (χ3v) is 2.47. The molecular formula is C10H14N4O. The number of nitrogens with zero attached hydrogens (tertiary/aromatic N) is 3. The summed E-state index contributed by atoms with van der Waals surface area (Å²) >= 11 is 0. The van der Waals surface area contributed by atoms with Crippen LogP contribution in [-0.4, -0.2) is 14.1 Å². The molecule has 80 valence electrons. The summed E-state index contributed by atoms with van der Waals surface area (Å²) in [5.41, 5.74) is 7.61. The second-order valence-corrected chi connectivity index (χ2v) is 3.92. The van der Waals surface area contributed by atoms with E-state index in [0.29, 0.717) is 11.3 Å². The molecule has 0 aliphatic carbocycles. The third kappa shape index (κ3) is 1.31. The first-order chi connectivity index (χ1) is 7.02. The summed E-state index contributed by atoms with van der Waals surface area (Å²) in [5, 5.41) is 0. The smallest absolute Gasteiger partial charge is 0.330 e. The Balaban J connectivity index is 2.94. The number of nitrogen functional groups attached to an aromatic ring is 1. The normalized spacial score (nSPS) is 11.5. The average molecular weight is 206 g/mol. The van der Waals surface area contributed by atoms with Crippen molar-refractivity contribution in [3.8, 4) is 0 Å². The molecule has 15 heavy (non-hydrogen) atoms. The summed E-state index contributed by atoms with van der Waals surface area (Å²) in [7, 11) is 1.73. The minimum absolute atomic E-state index is 0.0573. The van der Waals surface area contributed by atoms with Crippen molar-refractivity contribution in [1.82, 2.24) is 14.1 Å². The van der Waals surface area contributed by atoms with Crippen LogP contribution in [0.5, 0.6) is 0 Å². The van der Waals surface area contributed by atoms with Crippen molar-refractivity contribution in [2.24, 2.45) is 7.05 Å². The Labute approximate surface area is 87.1 Å². The van der Waals surface area contributed by atoms with E-state index in [1.54, 1.807) is 28.4 Å². The van der Waals surface area contributed by atoms with Gasteiger partial charge in [0.1, 0.15) is 0 Å². The van der Waals surface area contributed by atoms with Crippen LogP contribution < -0.4 is 11.4 Å². The molecule has 2 heterocycles. The van der Waals surface area contributed by atoms with Gasteiger partial charge >= 0.3 is 5.69 Å². The zero-order valence-electron chi connectivity index (χ0n) is 9.06.